The molecule has 0 aromatic heterocycles. The van der Waals surface area contributed by atoms with Crippen molar-refractivity contribution in [2.75, 3.05) is 85.7 Å². The van der Waals surface area contributed by atoms with Crippen molar-refractivity contribution in [3.05, 3.63) is 10.4 Å². The van der Waals surface area contributed by atoms with E-state index in [1.807, 2.05) is 0 Å². The second-order valence-electron chi connectivity index (χ2n) is 4.91. The molecule has 0 bridgehead atoms. The van der Waals surface area contributed by atoms with E-state index in [1.54, 1.807) is 0 Å². The number of hydrogen-bond donors (Lipinski definition) is 2. The Kier molecular flexibility index (Phi) is 25.8. The Hall–Kier alpha value is -1.17. The normalized spacial score (nSPS) is 10.2. The third-order valence-electron chi connectivity index (χ3n) is 2.82. The van der Waals surface area contributed by atoms with E-state index < -0.39 is 5.97 Å². The molecule has 0 aromatic carbocycles. The molecule has 0 saturated heterocycles. The molecule has 0 heterocycles. The fourth-order valence-corrected chi connectivity index (χ4v) is 1.59. The Labute approximate surface area is 165 Å². The van der Waals surface area contributed by atoms with E-state index in [0.717, 1.165) is 13.1 Å². The van der Waals surface area contributed by atoms with Crippen LogP contribution in [0.4, 0.5) is 0 Å². The lowest BCUT2D eigenvalue weighted by Crippen LogP contribution is -2.25. The maximum absolute atomic E-state index is 10.2. The lowest BCUT2D eigenvalue weighted by Gasteiger charge is -2.08. The van der Waals surface area contributed by atoms with Crippen molar-refractivity contribution in [2.24, 2.45) is 5.11 Å². The summed E-state index contributed by atoms with van der Waals surface area (Å²) in [5.74, 6) is -0.868. The molecular weight excluding hydrogens is 384 g/mol. The zero-order valence-electron chi connectivity index (χ0n) is 15.5. The minimum absolute atomic E-state index is 0. The van der Waals surface area contributed by atoms with Crippen molar-refractivity contribution < 1.29 is 33.6 Å². The van der Waals surface area contributed by atoms with Gasteiger partial charge in [0.05, 0.1) is 72.5 Å². The molecule has 0 radical (unpaired) electrons. The van der Waals surface area contributed by atoms with Crippen molar-refractivity contribution in [3.63, 3.8) is 0 Å². The van der Waals surface area contributed by atoms with Crippen LogP contribution in [0.3, 0.4) is 0 Å². The third-order valence-corrected chi connectivity index (χ3v) is 2.82. The predicted molar refractivity (Wildman–Crippen MR) is 100 cm³/mol. The van der Waals surface area contributed by atoms with E-state index in [9.17, 15) is 4.79 Å². The van der Waals surface area contributed by atoms with Crippen molar-refractivity contribution in [1.29, 1.82) is 0 Å². The van der Waals surface area contributed by atoms with Gasteiger partial charge in [0.2, 0.25) is 0 Å². The first-order valence-corrected chi connectivity index (χ1v) is 8.59. The summed E-state index contributed by atoms with van der Waals surface area (Å²) in [6, 6.07) is 0. The largest absolute Gasteiger partial charge is 0.481 e. The highest BCUT2D eigenvalue weighted by atomic mass is 35.5. The highest BCUT2D eigenvalue weighted by molar-refractivity contribution is 5.85. The summed E-state index contributed by atoms with van der Waals surface area (Å²) in [6.07, 6.45) is 0.00774. The number of carboxylic acids is 1. The number of ether oxygens (including phenoxy) is 5. The Balaban J connectivity index is 0. The lowest BCUT2D eigenvalue weighted by atomic mass is 10.5. The quantitative estimate of drug-likeness (QED) is 0.122. The van der Waals surface area contributed by atoms with Crippen LogP contribution in [-0.4, -0.2) is 96.8 Å². The number of hydrogen-bond acceptors (Lipinski definition) is 8. The molecule has 0 aliphatic heterocycles. The maximum Gasteiger partial charge on any atom is 0.305 e. The van der Waals surface area contributed by atoms with Crippen LogP contribution in [-0.2, 0) is 28.5 Å². The van der Waals surface area contributed by atoms with Crippen LogP contribution >= 0.6 is 12.4 Å². The van der Waals surface area contributed by atoms with Gasteiger partial charge >= 0.3 is 5.97 Å². The second-order valence-corrected chi connectivity index (χ2v) is 4.91. The minimum atomic E-state index is -0.868. The van der Waals surface area contributed by atoms with Gasteiger partial charge in [0.25, 0.3) is 0 Å². The number of nitrogens with one attached hydrogen (secondary N) is 1. The van der Waals surface area contributed by atoms with E-state index in [4.69, 9.17) is 34.3 Å². The molecule has 0 aliphatic rings. The first-order chi connectivity index (χ1) is 12.8. The first-order valence-electron chi connectivity index (χ1n) is 8.59. The monoisotopic (exact) mass is 414 g/mol. The zero-order valence-corrected chi connectivity index (χ0v) is 16.4. The van der Waals surface area contributed by atoms with Crippen molar-refractivity contribution >= 4 is 18.4 Å². The molecule has 2 N–H and O–H groups in total. The number of nitrogens with zero attached hydrogens (tertiary/aromatic N) is 3. The van der Waals surface area contributed by atoms with Gasteiger partial charge in [-0.1, -0.05) is 5.11 Å². The summed E-state index contributed by atoms with van der Waals surface area (Å²) in [7, 11) is 0. The highest BCUT2D eigenvalue weighted by Crippen LogP contribution is 1.85. The summed E-state index contributed by atoms with van der Waals surface area (Å²) in [4.78, 5) is 12.9. The van der Waals surface area contributed by atoms with Crippen LogP contribution in [0.5, 0.6) is 0 Å². The van der Waals surface area contributed by atoms with Crippen LogP contribution in [0.25, 0.3) is 10.4 Å². The van der Waals surface area contributed by atoms with E-state index in [-0.39, 0.29) is 25.4 Å². The van der Waals surface area contributed by atoms with Gasteiger partial charge in [-0.2, -0.15) is 0 Å². The van der Waals surface area contributed by atoms with Gasteiger partial charge in [-0.3, -0.25) is 4.79 Å². The van der Waals surface area contributed by atoms with Crippen LogP contribution in [0, 0.1) is 0 Å². The Morgan fingerprint density at radius 3 is 1.74 bits per heavy atom. The van der Waals surface area contributed by atoms with Gasteiger partial charge in [0, 0.05) is 24.5 Å². The van der Waals surface area contributed by atoms with Gasteiger partial charge in [-0.15, -0.1) is 12.4 Å². The highest BCUT2D eigenvalue weighted by Gasteiger charge is 1.96. The Morgan fingerprint density at radius 1 is 0.815 bits per heavy atom. The molecule has 0 fully saturated rings. The number of azide groups is 1. The average molecular weight is 415 g/mol. The van der Waals surface area contributed by atoms with E-state index in [0.29, 0.717) is 66.0 Å². The zero-order chi connectivity index (χ0) is 19.1. The molecular formula is C15H31ClN4O7. The molecule has 0 aromatic rings. The Morgan fingerprint density at radius 2 is 1.26 bits per heavy atom. The van der Waals surface area contributed by atoms with Gasteiger partial charge in [0.15, 0.2) is 0 Å². The average Bonchev–Trinajstić information content (AvgIpc) is 2.62. The van der Waals surface area contributed by atoms with Gasteiger partial charge < -0.3 is 34.1 Å². The fraction of sp³-hybridized carbons (Fsp3) is 0.933. The first kappa shape index (κ1) is 28.0. The maximum atomic E-state index is 10.2. The minimum Gasteiger partial charge on any atom is -0.481 e. The van der Waals surface area contributed by atoms with Crippen molar-refractivity contribution in [2.45, 2.75) is 6.42 Å². The molecule has 160 valence electrons. The molecule has 27 heavy (non-hydrogen) atoms. The van der Waals surface area contributed by atoms with Crippen molar-refractivity contribution in [1.82, 2.24) is 5.32 Å². The Bertz CT molecular complexity index is 354. The lowest BCUT2D eigenvalue weighted by molar-refractivity contribution is -0.138. The van der Waals surface area contributed by atoms with E-state index >= 15 is 0 Å². The molecule has 0 unspecified atom stereocenters. The number of carbonyl (C=O) groups is 1. The van der Waals surface area contributed by atoms with Crippen LogP contribution in [0.15, 0.2) is 5.11 Å². The topological polar surface area (TPSA) is 144 Å². The summed E-state index contributed by atoms with van der Waals surface area (Å²) >= 11 is 0. The van der Waals surface area contributed by atoms with E-state index in [1.165, 1.54) is 0 Å². The molecule has 0 rings (SSSR count). The van der Waals surface area contributed by atoms with Crippen LogP contribution in [0.1, 0.15) is 6.42 Å². The molecule has 12 heteroatoms. The summed E-state index contributed by atoms with van der Waals surface area (Å²) in [5.41, 5.74) is 8.07. The molecule has 0 aliphatic carbocycles. The molecule has 0 saturated carbocycles. The summed E-state index contributed by atoms with van der Waals surface area (Å²) in [6.45, 7) is 6.35. The number of carboxylic acid groups (broad SMARTS) is 1. The third kappa shape index (κ3) is 27.2. The summed E-state index contributed by atoms with van der Waals surface area (Å²) < 4.78 is 26.3. The molecule has 11 nitrogen and oxygen atoms in total. The standard InChI is InChI=1S/C15H30N4O7.ClH/c16-19-18-4-8-25-11-10-23-6-2-17-3-7-24-12-14-26-13-9-22-5-1-15(20)21;/h17H,1-14H2,(H,20,21);1H. The second kappa shape index (κ2) is 24.8. The van der Waals surface area contributed by atoms with Gasteiger partial charge in [-0.05, 0) is 5.53 Å². The van der Waals surface area contributed by atoms with E-state index in [2.05, 4.69) is 15.3 Å². The number of aliphatic carboxylic acids is 1. The van der Waals surface area contributed by atoms with Crippen LogP contribution < -0.4 is 5.32 Å². The van der Waals surface area contributed by atoms with Crippen LogP contribution in [0.2, 0.25) is 0 Å². The molecule has 0 amide bonds. The molecule has 0 spiro atoms. The van der Waals surface area contributed by atoms with Crippen molar-refractivity contribution in [3.8, 4) is 0 Å². The smallest absolute Gasteiger partial charge is 0.305 e. The van der Waals surface area contributed by atoms with Gasteiger partial charge in [-0.25, -0.2) is 0 Å². The number of halogens is 1. The number of rotatable bonds is 21. The molecule has 0 atom stereocenters. The SMILES string of the molecule is Cl.[N-]=[N+]=NCCOCCOCCNCCOCCOCCOCCC(=O)O. The predicted octanol–water partition coefficient (Wildman–Crippen LogP) is 0.866. The fourth-order valence-electron chi connectivity index (χ4n) is 1.59. The van der Waals surface area contributed by atoms with Gasteiger partial charge in [0.1, 0.15) is 0 Å². The summed E-state index contributed by atoms with van der Waals surface area (Å²) in [5, 5.41) is 15.0.